The summed E-state index contributed by atoms with van der Waals surface area (Å²) in [6.45, 7) is 1.13. The summed E-state index contributed by atoms with van der Waals surface area (Å²) in [6.07, 6.45) is 1.14. The molecule has 0 saturated heterocycles. The van der Waals surface area contributed by atoms with Gasteiger partial charge in [-0.3, -0.25) is 4.79 Å². The van der Waals surface area contributed by atoms with Crippen molar-refractivity contribution in [3.63, 3.8) is 0 Å². The van der Waals surface area contributed by atoms with Crippen LogP contribution in [-0.4, -0.2) is 35.4 Å². The average molecular weight is 277 g/mol. The molecule has 1 rings (SSSR count). The number of hydrogen-bond donors (Lipinski definition) is 1. The minimum atomic E-state index is -0.231. The van der Waals surface area contributed by atoms with E-state index in [1.165, 1.54) is 16.2 Å². The number of nitriles is 2. The fourth-order valence-corrected chi connectivity index (χ4v) is 2.28. The van der Waals surface area contributed by atoms with Crippen molar-refractivity contribution >= 4 is 17.2 Å². The SMILES string of the molecule is N#CCCN(CCC#N)C(=O)c1csc(CCN)n1. The highest BCUT2D eigenvalue weighted by Gasteiger charge is 2.18. The van der Waals surface area contributed by atoms with Crippen LogP contribution < -0.4 is 5.73 Å². The maximum atomic E-state index is 12.2. The molecule has 1 heterocycles. The fourth-order valence-electron chi connectivity index (χ4n) is 1.49. The molecule has 19 heavy (non-hydrogen) atoms. The minimum Gasteiger partial charge on any atom is -0.335 e. The summed E-state index contributed by atoms with van der Waals surface area (Å²) >= 11 is 1.40. The van der Waals surface area contributed by atoms with Crippen molar-refractivity contribution in [3.8, 4) is 12.1 Å². The van der Waals surface area contributed by atoms with Crippen LogP contribution in [-0.2, 0) is 6.42 Å². The van der Waals surface area contributed by atoms with Crippen molar-refractivity contribution in [2.45, 2.75) is 19.3 Å². The Balaban J connectivity index is 2.73. The smallest absolute Gasteiger partial charge is 0.273 e. The van der Waals surface area contributed by atoms with Gasteiger partial charge in [0.1, 0.15) is 5.69 Å². The molecule has 0 fully saturated rings. The topological polar surface area (TPSA) is 107 Å². The van der Waals surface area contributed by atoms with Crippen molar-refractivity contribution in [1.82, 2.24) is 9.88 Å². The van der Waals surface area contributed by atoms with Crippen LogP contribution in [0, 0.1) is 22.7 Å². The molecule has 1 aromatic rings. The molecule has 0 unspecified atom stereocenters. The Kier molecular flexibility index (Phi) is 6.51. The molecule has 0 spiro atoms. The van der Waals surface area contributed by atoms with Crippen molar-refractivity contribution < 1.29 is 4.79 Å². The van der Waals surface area contributed by atoms with Gasteiger partial charge < -0.3 is 10.6 Å². The molecule has 0 atom stereocenters. The number of carbonyl (C=O) groups is 1. The van der Waals surface area contributed by atoms with Crippen LogP contribution in [0.2, 0.25) is 0 Å². The number of amides is 1. The molecule has 2 N–H and O–H groups in total. The lowest BCUT2D eigenvalue weighted by Gasteiger charge is -2.18. The van der Waals surface area contributed by atoms with Gasteiger partial charge in [0.25, 0.3) is 5.91 Å². The van der Waals surface area contributed by atoms with Gasteiger partial charge in [-0.25, -0.2) is 4.98 Å². The van der Waals surface area contributed by atoms with E-state index in [0.29, 0.717) is 31.7 Å². The largest absolute Gasteiger partial charge is 0.335 e. The normalized spacial score (nSPS) is 9.63. The first-order chi connectivity index (χ1) is 9.22. The molecule has 0 aliphatic carbocycles. The molecule has 0 aromatic carbocycles. The van der Waals surface area contributed by atoms with Gasteiger partial charge in [0, 0.05) is 24.9 Å². The molecule has 0 aliphatic heterocycles. The molecular formula is C12H15N5OS. The zero-order chi connectivity index (χ0) is 14.1. The molecule has 0 saturated carbocycles. The van der Waals surface area contributed by atoms with Crippen molar-refractivity contribution in [1.29, 1.82) is 10.5 Å². The van der Waals surface area contributed by atoms with E-state index in [9.17, 15) is 4.79 Å². The zero-order valence-electron chi connectivity index (χ0n) is 10.5. The van der Waals surface area contributed by atoms with E-state index in [-0.39, 0.29) is 18.7 Å². The van der Waals surface area contributed by atoms with Gasteiger partial charge in [-0.1, -0.05) is 0 Å². The number of nitrogens with zero attached hydrogens (tertiary/aromatic N) is 4. The highest BCUT2D eigenvalue weighted by atomic mass is 32.1. The highest BCUT2D eigenvalue weighted by molar-refractivity contribution is 7.09. The fraction of sp³-hybridized carbons (Fsp3) is 0.500. The number of aromatic nitrogens is 1. The third-order valence-corrected chi connectivity index (χ3v) is 3.31. The standard InChI is InChI=1S/C12H15N5OS/c13-4-1-7-17(8-2-5-14)12(18)10-9-19-11(16-10)3-6-15/h9H,1-3,6-8,15H2. The van der Waals surface area contributed by atoms with Gasteiger partial charge in [-0.05, 0) is 6.54 Å². The van der Waals surface area contributed by atoms with E-state index in [2.05, 4.69) is 4.98 Å². The maximum Gasteiger partial charge on any atom is 0.273 e. The molecule has 100 valence electrons. The van der Waals surface area contributed by atoms with Crippen LogP contribution in [0.5, 0.6) is 0 Å². The van der Waals surface area contributed by atoms with E-state index >= 15 is 0 Å². The molecule has 0 radical (unpaired) electrons. The molecule has 7 heteroatoms. The van der Waals surface area contributed by atoms with Gasteiger partial charge >= 0.3 is 0 Å². The minimum absolute atomic E-state index is 0.231. The van der Waals surface area contributed by atoms with Crippen molar-refractivity contribution in [2.75, 3.05) is 19.6 Å². The molecule has 6 nitrogen and oxygen atoms in total. The number of carbonyl (C=O) groups excluding carboxylic acids is 1. The Bertz CT molecular complexity index is 481. The average Bonchev–Trinajstić information content (AvgIpc) is 2.87. The Morgan fingerprint density at radius 1 is 1.37 bits per heavy atom. The van der Waals surface area contributed by atoms with Gasteiger partial charge in [-0.2, -0.15) is 10.5 Å². The molecule has 0 aliphatic rings. The Morgan fingerprint density at radius 2 is 2.00 bits per heavy atom. The van der Waals surface area contributed by atoms with Crippen LogP contribution in [0.25, 0.3) is 0 Å². The molecule has 1 amide bonds. The molecular weight excluding hydrogens is 262 g/mol. The van der Waals surface area contributed by atoms with Gasteiger partial charge in [0.05, 0.1) is 30.0 Å². The zero-order valence-corrected chi connectivity index (χ0v) is 11.3. The van der Waals surface area contributed by atoms with E-state index in [4.69, 9.17) is 16.3 Å². The summed E-state index contributed by atoms with van der Waals surface area (Å²) in [4.78, 5) is 17.9. The van der Waals surface area contributed by atoms with Crippen LogP contribution in [0.3, 0.4) is 0 Å². The predicted molar refractivity (Wildman–Crippen MR) is 71.2 cm³/mol. The lowest BCUT2D eigenvalue weighted by atomic mass is 10.3. The van der Waals surface area contributed by atoms with E-state index in [1.54, 1.807) is 5.38 Å². The third kappa shape index (κ3) is 4.66. The first-order valence-electron chi connectivity index (χ1n) is 5.90. The van der Waals surface area contributed by atoms with E-state index < -0.39 is 0 Å². The summed E-state index contributed by atoms with van der Waals surface area (Å²) in [7, 11) is 0. The summed E-state index contributed by atoms with van der Waals surface area (Å²) in [5.74, 6) is -0.231. The van der Waals surface area contributed by atoms with Gasteiger partial charge in [0.2, 0.25) is 0 Å². The Morgan fingerprint density at radius 3 is 2.53 bits per heavy atom. The molecule has 1 aromatic heterocycles. The number of rotatable bonds is 7. The number of thiazole rings is 1. The molecule has 0 bridgehead atoms. The number of hydrogen-bond acceptors (Lipinski definition) is 6. The van der Waals surface area contributed by atoms with Crippen molar-refractivity contribution in [3.05, 3.63) is 16.1 Å². The van der Waals surface area contributed by atoms with Crippen LogP contribution in [0.4, 0.5) is 0 Å². The summed E-state index contributed by atoms with van der Waals surface area (Å²) in [5.41, 5.74) is 5.80. The predicted octanol–water partition coefficient (Wildman–Crippen LogP) is 0.914. The summed E-state index contributed by atoms with van der Waals surface area (Å²) < 4.78 is 0. The Hall–Kier alpha value is -1.96. The number of nitrogens with two attached hydrogens (primary N) is 1. The second-order valence-electron chi connectivity index (χ2n) is 3.77. The van der Waals surface area contributed by atoms with Crippen molar-refractivity contribution in [2.24, 2.45) is 5.73 Å². The van der Waals surface area contributed by atoms with Crippen LogP contribution >= 0.6 is 11.3 Å². The van der Waals surface area contributed by atoms with Gasteiger partial charge in [0.15, 0.2) is 0 Å². The third-order valence-electron chi connectivity index (χ3n) is 2.40. The lowest BCUT2D eigenvalue weighted by molar-refractivity contribution is 0.0757. The van der Waals surface area contributed by atoms with Gasteiger partial charge in [-0.15, -0.1) is 11.3 Å². The van der Waals surface area contributed by atoms with E-state index in [0.717, 1.165) is 5.01 Å². The second kappa shape index (κ2) is 8.20. The monoisotopic (exact) mass is 277 g/mol. The van der Waals surface area contributed by atoms with E-state index in [1.807, 2.05) is 12.1 Å². The second-order valence-corrected chi connectivity index (χ2v) is 4.72. The lowest BCUT2D eigenvalue weighted by Crippen LogP contribution is -2.33. The summed E-state index contributed by atoms with van der Waals surface area (Å²) in [5, 5.41) is 19.7. The first-order valence-corrected chi connectivity index (χ1v) is 6.78. The maximum absolute atomic E-state index is 12.2. The quantitative estimate of drug-likeness (QED) is 0.797. The van der Waals surface area contributed by atoms with Crippen LogP contribution in [0.1, 0.15) is 28.3 Å². The summed E-state index contributed by atoms with van der Waals surface area (Å²) in [6, 6.07) is 3.99. The first kappa shape index (κ1) is 15.1. The van der Waals surface area contributed by atoms with Crippen LogP contribution in [0.15, 0.2) is 5.38 Å². The highest BCUT2D eigenvalue weighted by Crippen LogP contribution is 2.12. The Labute approximate surface area is 116 Å².